The number of fused-ring (bicyclic) bond motifs is 5. The van der Waals surface area contributed by atoms with Gasteiger partial charge in [0, 0.05) is 23.8 Å². The standard InChI is InChI=1S/C29H42O11/c1-14-22(33)23(34)24(35)25(39-14)40-16-3-6-27(13-30)21-18(4-7-28(27,36)10-16)29(37)8-5-17(15-9-20(32)38-12-15)26(29,2)11-19(21)31/h9,13-14,16-19,21-25,31,33-37H,3-8,10-12H2,1-2H3/t14?,16?,17?,18-,19-,21-,22?,23?,24?,25?,26?,27+,28?,29?/m1/s1. The summed E-state index contributed by atoms with van der Waals surface area (Å²) in [6.07, 6.45) is -2.87. The van der Waals surface area contributed by atoms with Crippen LogP contribution in [0.4, 0.5) is 0 Å². The van der Waals surface area contributed by atoms with Crippen LogP contribution in [0, 0.1) is 28.6 Å². The molecule has 2 aliphatic heterocycles. The number of aliphatic hydroxyl groups is 6. The van der Waals surface area contributed by atoms with Crippen molar-refractivity contribution in [2.45, 2.75) is 119 Å². The van der Waals surface area contributed by atoms with Gasteiger partial charge in [-0.1, -0.05) is 6.92 Å². The third kappa shape index (κ3) is 3.78. The first-order chi connectivity index (χ1) is 18.8. The average molecular weight is 567 g/mol. The van der Waals surface area contributed by atoms with Gasteiger partial charge in [0.15, 0.2) is 6.29 Å². The van der Waals surface area contributed by atoms with E-state index in [4.69, 9.17) is 14.2 Å². The number of aliphatic hydroxyl groups excluding tert-OH is 4. The van der Waals surface area contributed by atoms with E-state index in [1.54, 1.807) is 6.92 Å². The topological polar surface area (TPSA) is 183 Å². The molecule has 0 aromatic heterocycles. The van der Waals surface area contributed by atoms with Crippen LogP contribution >= 0.6 is 0 Å². The van der Waals surface area contributed by atoms with Crippen molar-refractivity contribution in [2.75, 3.05) is 6.61 Å². The number of hydrogen-bond donors (Lipinski definition) is 6. The minimum Gasteiger partial charge on any atom is -0.458 e. The molecule has 2 heterocycles. The van der Waals surface area contributed by atoms with E-state index < -0.39 is 82.8 Å². The molecule has 4 saturated carbocycles. The smallest absolute Gasteiger partial charge is 0.331 e. The summed E-state index contributed by atoms with van der Waals surface area (Å²) in [5.41, 5.74) is -3.89. The van der Waals surface area contributed by atoms with Crippen molar-refractivity contribution in [3.05, 3.63) is 11.6 Å². The Bertz CT molecular complexity index is 1080. The van der Waals surface area contributed by atoms with Crippen LogP contribution in [0.3, 0.4) is 0 Å². The van der Waals surface area contributed by atoms with Crippen molar-refractivity contribution in [1.29, 1.82) is 0 Å². The molecule has 1 saturated heterocycles. The minimum atomic E-state index is -1.51. The fourth-order valence-electron chi connectivity index (χ4n) is 9.82. The Kier molecular flexibility index (Phi) is 6.83. The van der Waals surface area contributed by atoms with Crippen molar-refractivity contribution in [2.24, 2.45) is 28.6 Å². The van der Waals surface area contributed by atoms with Gasteiger partial charge in [0.05, 0.1) is 34.9 Å². The van der Waals surface area contributed by atoms with Gasteiger partial charge in [0.25, 0.3) is 0 Å². The van der Waals surface area contributed by atoms with E-state index in [1.807, 2.05) is 6.92 Å². The third-order valence-electron chi connectivity index (χ3n) is 11.9. The molecule has 4 aliphatic carbocycles. The maximum atomic E-state index is 13.0. The average Bonchev–Trinajstić information content (AvgIpc) is 3.45. The molecule has 14 atom stereocenters. The number of carbonyl (C=O) groups is 2. The molecule has 0 bridgehead atoms. The van der Waals surface area contributed by atoms with E-state index in [2.05, 4.69) is 0 Å². The molecule has 40 heavy (non-hydrogen) atoms. The molecule has 0 spiro atoms. The summed E-state index contributed by atoms with van der Waals surface area (Å²) in [5, 5.41) is 66.7. The lowest BCUT2D eigenvalue weighted by Crippen LogP contribution is -2.72. The lowest BCUT2D eigenvalue weighted by molar-refractivity contribution is -0.320. The highest BCUT2D eigenvalue weighted by molar-refractivity contribution is 5.85. The Morgan fingerprint density at radius 2 is 1.75 bits per heavy atom. The molecule has 6 rings (SSSR count). The van der Waals surface area contributed by atoms with Gasteiger partial charge in [0.2, 0.25) is 0 Å². The number of carbonyl (C=O) groups excluding carboxylic acids is 2. The van der Waals surface area contributed by atoms with Crippen LogP contribution in [0.25, 0.3) is 0 Å². The molecule has 10 unspecified atom stereocenters. The Hall–Kier alpha value is -1.44. The number of aldehydes is 1. The molecule has 0 radical (unpaired) electrons. The second-order valence-corrected chi connectivity index (χ2v) is 13.6. The van der Waals surface area contributed by atoms with Crippen LogP contribution in [0.15, 0.2) is 11.6 Å². The molecule has 5 fully saturated rings. The van der Waals surface area contributed by atoms with Gasteiger partial charge in [0.1, 0.15) is 31.2 Å². The number of ether oxygens (including phenoxy) is 3. The Morgan fingerprint density at radius 1 is 1.00 bits per heavy atom. The number of esters is 1. The van der Waals surface area contributed by atoms with Crippen molar-refractivity contribution < 1.29 is 54.4 Å². The van der Waals surface area contributed by atoms with Crippen molar-refractivity contribution >= 4 is 12.3 Å². The highest BCUT2D eigenvalue weighted by Gasteiger charge is 2.73. The summed E-state index contributed by atoms with van der Waals surface area (Å²) in [5.74, 6) is -1.61. The summed E-state index contributed by atoms with van der Waals surface area (Å²) in [7, 11) is 0. The van der Waals surface area contributed by atoms with Crippen LogP contribution in [-0.2, 0) is 23.8 Å². The van der Waals surface area contributed by atoms with Crippen LogP contribution in [0.5, 0.6) is 0 Å². The van der Waals surface area contributed by atoms with Gasteiger partial charge < -0.3 is 49.6 Å². The lowest BCUT2D eigenvalue weighted by atomic mass is 9.41. The molecule has 0 amide bonds. The maximum Gasteiger partial charge on any atom is 0.331 e. The molecular formula is C29H42O11. The molecule has 11 nitrogen and oxygen atoms in total. The zero-order valence-electron chi connectivity index (χ0n) is 23.0. The molecule has 0 aromatic carbocycles. The molecule has 0 aromatic rings. The first-order valence-electron chi connectivity index (χ1n) is 14.6. The fourth-order valence-corrected chi connectivity index (χ4v) is 9.82. The highest BCUT2D eigenvalue weighted by atomic mass is 16.7. The number of hydrogen-bond acceptors (Lipinski definition) is 11. The highest BCUT2D eigenvalue weighted by Crippen LogP contribution is 2.70. The quantitative estimate of drug-likeness (QED) is 0.149. The van der Waals surface area contributed by atoms with Crippen molar-refractivity contribution in [3.8, 4) is 0 Å². The van der Waals surface area contributed by atoms with Crippen molar-refractivity contribution in [3.63, 3.8) is 0 Å². The summed E-state index contributed by atoms with van der Waals surface area (Å²) >= 11 is 0. The molecule has 6 aliphatic rings. The monoisotopic (exact) mass is 566 g/mol. The summed E-state index contributed by atoms with van der Waals surface area (Å²) in [6.45, 7) is 3.72. The molecule has 11 heteroatoms. The lowest BCUT2D eigenvalue weighted by Gasteiger charge is -2.66. The summed E-state index contributed by atoms with van der Waals surface area (Å²) < 4.78 is 16.8. The Morgan fingerprint density at radius 3 is 2.42 bits per heavy atom. The second-order valence-electron chi connectivity index (χ2n) is 13.6. The molecule has 224 valence electrons. The van der Waals surface area contributed by atoms with Crippen molar-refractivity contribution in [1.82, 2.24) is 0 Å². The van der Waals surface area contributed by atoms with E-state index in [0.29, 0.717) is 25.7 Å². The maximum absolute atomic E-state index is 13.0. The summed E-state index contributed by atoms with van der Waals surface area (Å²) in [4.78, 5) is 24.8. The predicted molar refractivity (Wildman–Crippen MR) is 136 cm³/mol. The normalized spacial score (nSPS) is 56.0. The first kappa shape index (κ1) is 28.7. The second kappa shape index (κ2) is 9.54. The van der Waals surface area contributed by atoms with Gasteiger partial charge in [-0.25, -0.2) is 4.79 Å². The van der Waals surface area contributed by atoms with Gasteiger partial charge >= 0.3 is 5.97 Å². The third-order valence-corrected chi connectivity index (χ3v) is 11.9. The Balaban J connectivity index is 1.25. The van der Waals surface area contributed by atoms with Crippen LogP contribution in [0.1, 0.15) is 65.2 Å². The van der Waals surface area contributed by atoms with E-state index >= 15 is 0 Å². The van der Waals surface area contributed by atoms with Gasteiger partial charge in [-0.15, -0.1) is 0 Å². The van der Waals surface area contributed by atoms with Gasteiger partial charge in [-0.2, -0.15) is 0 Å². The van der Waals surface area contributed by atoms with Crippen LogP contribution < -0.4 is 0 Å². The molecular weight excluding hydrogens is 524 g/mol. The molecule has 6 N–H and O–H groups in total. The summed E-state index contributed by atoms with van der Waals surface area (Å²) in [6, 6.07) is 0. The van der Waals surface area contributed by atoms with Gasteiger partial charge in [-0.05, 0) is 69.3 Å². The van der Waals surface area contributed by atoms with E-state index in [9.17, 15) is 40.2 Å². The van der Waals surface area contributed by atoms with E-state index in [-0.39, 0.29) is 38.2 Å². The van der Waals surface area contributed by atoms with E-state index in [0.717, 1.165) is 11.9 Å². The van der Waals surface area contributed by atoms with E-state index in [1.165, 1.54) is 6.08 Å². The zero-order valence-corrected chi connectivity index (χ0v) is 23.0. The van der Waals surface area contributed by atoms with Crippen LogP contribution in [0.2, 0.25) is 0 Å². The van der Waals surface area contributed by atoms with Crippen LogP contribution in [-0.4, -0.2) is 104 Å². The number of cyclic esters (lactones) is 1. The minimum absolute atomic E-state index is 0.0615. The zero-order chi connectivity index (χ0) is 28.8. The number of rotatable bonds is 4. The predicted octanol–water partition coefficient (Wildman–Crippen LogP) is -0.279. The SMILES string of the molecule is CC1OC(OC2CC[C@]3(C=O)[C@H]4[C@H](O)CC5(C)C(C6=CC(=O)OC6)CCC5(O)[C@@H]4CCC3(O)C2)C(O)C(O)C1O. The fraction of sp³-hybridized carbons (Fsp3) is 0.862. The first-order valence-corrected chi connectivity index (χ1v) is 14.6. The largest absolute Gasteiger partial charge is 0.458 e. The van der Waals surface area contributed by atoms with Gasteiger partial charge in [-0.3, -0.25) is 0 Å². The Labute approximate surface area is 233 Å².